The molecule has 0 radical (unpaired) electrons. The van der Waals surface area contributed by atoms with Gasteiger partial charge in [-0.25, -0.2) is 0 Å². The van der Waals surface area contributed by atoms with E-state index in [1.807, 2.05) is 0 Å². The van der Waals surface area contributed by atoms with Gasteiger partial charge < -0.3 is 10.6 Å². The van der Waals surface area contributed by atoms with Gasteiger partial charge in [-0.2, -0.15) is 0 Å². The minimum absolute atomic E-state index is 0.140. The number of nitro benzene ring substituents is 1. The molecule has 0 heterocycles. The lowest BCUT2D eigenvalue weighted by Gasteiger charge is -2.10. The van der Waals surface area contributed by atoms with E-state index in [4.69, 9.17) is 23.2 Å². The maximum absolute atomic E-state index is 12.4. The lowest BCUT2D eigenvalue weighted by atomic mass is 10.1. The molecule has 146 valence electrons. The monoisotopic (exact) mass is 429 g/mol. The van der Waals surface area contributed by atoms with Gasteiger partial charge in [0.05, 0.1) is 15.5 Å². The van der Waals surface area contributed by atoms with Crippen molar-refractivity contribution in [2.75, 3.05) is 10.6 Å². The van der Waals surface area contributed by atoms with Crippen molar-refractivity contribution in [3.8, 4) is 0 Å². The van der Waals surface area contributed by atoms with Gasteiger partial charge >= 0.3 is 0 Å². The average molecular weight is 430 g/mol. The van der Waals surface area contributed by atoms with E-state index in [-0.39, 0.29) is 21.8 Å². The number of nitro groups is 1. The number of amides is 2. The molecule has 0 saturated carbocycles. The summed E-state index contributed by atoms with van der Waals surface area (Å²) in [5.41, 5.74) is 1.04. The molecular weight excluding hydrogens is 417 g/mol. The number of benzene rings is 3. The summed E-state index contributed by atoms with van der Waals surface area (Å²) in [5, 5.41) is 16.8. The smallest absolute Gasteiger partial charge is 0.270 e. The van der Waals surface area contributed by atoms with Crippen LogP contribution in [0.15, 0.2) is 66.7 Å². The zero-order chi connectivity index (χ0) is 21.0. The van der Waals surface area contributed by atoms with Crippen molar-refractivity contribution in [3.05, 3.63) is 98.0 Å². The molecule has 7 nitrogen and oxygen atoms in total. The van der Waals surface area contributed by atoms with Crippen molar-refractivity contribution in [1.29, 1.82) is 0 Å². The fourth-order valence-corrected chi connectivity index (χ4v) is 3.01. The van der Waals surface area contributed by atoms with Crippen LogP contribution in [-0.2, 0) is 0 Å². The third-order valence-corrected chi connectivity index (χ3v) is 4.42. The van der Waals surface area contributed by atoms with Gasteiger partial charge in [0, 0.05) is 34.1 Å². The van der Waals surface area contributed by atoms with Crippen molar-refractivity contribution in [2.45, 2.75) is 0 Å². The zero-order valence-corrected chi connectivity index (χ0v) is 16.2. The van der Waals surface area contributed by atoms with E-state index < -0.39 is 16.7 Å². The Morgan fingerprint density at radius 3 is 2.14 bits per heavy atom. The van der Waals surface area contributed by atoms with Crippen molar-refractivity contribution >= 4 is 52.1 Å². The van der Waals surface area contributed by atoms with E-state index in [1.54, 1.807) is 30.3 Å². The Kier molecular flexibility index (Phi) is 6.11. The lowest BCUT2D eigenvalue weighted by molar-refractivity contribution is -0.384. The highest BCUT2D eigenvalue weighted by Crippen LogP contribution is 2.23. The molecule has 0 aliphatic rings. The summed E-state index contributed by atoms with van der Waals surface area (Å²) in [5.74, 6) is -0.952. The fourth-order valence-electron chi connectivity index (χ4n) is 2.51. The molecule has 3 aromatic rings. The molecule has 9 heteroatoms. The van der Waals surface area contributed by atoms with Gasteiger partial charge in [-0.05, 0) is 42.5 Å². The van der Waals surface area contributed by atoms with Crippen LogP contribution in [0.4, 0.5) is 17.1 Å². The molecule has 0 aromatic heterocycles. The van der Waals surface area contributed by atoms with E-state index in [2.05, 4.69) is 10.6 Å². The number of carbonyl (C=O) groups is 2. The van der Waals surface area contributed by atoms with E-state index in [0.29, 0.717) is 16.4 Å². The molecule has 0 spiro atoms. The first-order valence-electron chi connectivity index (χ1n) is 8.26. The maximum atomic E-state index is 12.4. The Bertz CT molecular complexity index is 1120. The Morgan fingerprint density at radius 2 is 1.48 bits per heavy atom. The number of non-ortho nitro benzene ring substituents is 1. The third kappa shape index (κ3) is 5.10. The predicted octanol–water partition coefficient (Wildman–Crippen LogP) is 5.41. The van der Waals surface area contributed by atoms with Gasteiger partial charge in [0.2, 0.25) is 0 Å². The van der Waals surface area contributed by atoms with E-state index in [1.165, 1.54) is 36.4 Å². The van der Waals surface area contributed by atoms with Crippen LogP contribution in [0.5, 0.6) is 0 Å². The first kappa shape index (κ1) is 20.3. The number of hydrogen-bond donors (Lipinski definition) is 2. The molecule has 0 aliphatic carbocycles. The molecule has 2 N–H and O–H groups in total. The van der Waals surface area contributed by atoms with Gasteiger partial charge in [0.1, 0.15) is 0 Å². The number of anilines is 2. The molecule has 0 unspecified atom stereocenters. The van der Waals surface area contributed by atoms with E-state index >= 15 is 0 Å². The van der Waals surface area contributed by atoms with Crippen molar-refractivity contribution in [3.63, 3.8) is 0 Å². The quantitative estimate of drug-likeness (QED) is 0.418. The van der Waals surface area contributed by atoms with E-state index in [9.17, 15) is 19.7 Å². The molecule has 29 heavy (non-hydrogen) atoms. The maximum Gasteiger partial charge on any atom is 0.270 e. The zero-order valence-electron chi connectivity index (χ0n) is 14.7. The van der Waals surface area contributed by atoms with Crippen molar-refractivity contribution in [2.24, 2.45) is 0 Å². The number of halogens is 2. The van der Waals surface area contributed by atoms with Crippen molar-refractivity contribution in [1.82, 2.24) is 0 Å². The Labute approximate surface area is 175 Å². The average Bonchev–Trinajstić information content (AvgIpc) is 2.68. The summed E-state index contributed by atoms with van der Waals surface area (Å²) in [7, 11) is 0. The molecule has 0 aliphatic heterocycles. The minimum Gasteiger partial charge on any atom is -0.322 e. The Balaban J connectivity index is 1.74. The second kappa shape index (κ2) is 8.72. The predicted molar refractivity (Wildman–Crippen MR) is 112 cm³/mol. The van der Waals surface area contributed by atoms with Crippen LogP contribution in [0.2, 0.25) is 10.0 Å². The molecule has 0 bridgehead atoms. The molecule has 2 amide bonds. The summed E-state index contributed by atoms with van der Waals surface area (Å²) < 4.78 is 0. The van der Waals surface area contributed by atoms with E-state index in [0.717, 1.165) is 0 Å². The number of hydrogen-bond acceptors (Lipinski definition) is 4. The number of nitrogens with zero attached hydrogens (tertiary/aromatic N) is 1. The standard InChI is InChI=1S/C20H13Cl2N3O4/c21-13-7-8-17(18(22)10-13)20(27)24-15-5-2-4-14(11-15)23-19(26)12-3-1-6-16(9-12)25(28)29/h1-11H,(H,23,26)(H,24,27). The van der Waals surface area contributed by atoms with Crippen LogP contribution >= 0.6 is 23.2 Å². The summed E-state index contributed by atoms with van der Waals surface area (Å²) in [6, 6.07) is 16.4. The van der Waals surface area contributed by atoms with Crippen molar-refractivity contribution < 1.29 is 14.5 Å². The summed E-state index contributed by atoms with van der Waals surface area (Å²) >= 11 is 11.9. The normalized spacial score (nSPS) is 10.3. The highest BCUT2D eigenvalue weighted by Gasteiger charge is 2.13. The second-order valence-electron chi connectivity index (χ2n) is 5.92. The van der Waals surface area contributed by atoms with Gasteiger partial charge in [-0.1, -0.05) is 35.3 Å². The molecular formula is C20H13Cl2N3O4. The van der Waals surface area contributed by atoms with Crippen LogP contribution in [0, 0.1) is 10.1 Å². The highest BCUT2D eigenvalue weighted by atomic mass is 35.5. The molecule has 3 rings (SSSR count). The first-order chi connectivity index (χ1) is 13.8. The fraction of sp³-hybridized carbons (Fsp3) is 0. The Hall–Kier alpha value is -3.42. The van der Waals surface area contributed by atoms with Crippen LogP contribution < -0.4 is 10.6 Å². The number of rotatable bonds is 5. The van der Waals surface area contributed by atoms with Crippen LogP contribution in [-0.4, -0.2) is 16.7 Å². The summed E-state index contributed by atoms with van der Waals surface area (Å²) in [4.78, 5) is 35.1. The summed E-state index contributed by atoms with van der Waals surface area (Å²) in [6.07, 6.45) is 0. The topological polar surface area (TPSA) is 101 Å². The molecule has 0 atom stereocenters. The molecule has 3 aromatic carbocycles. The van der Waals surface area contributed by atoms with Gasteiger partial charge in [-0.15, -0.1) is 0 Å². The third-order valence-electron chi connectivity index (χ3n) is 3.87. The SMILES string of the molecule is O=C(Nc1cccc(NC(=O)c2ccc(Cl)cc2Cl)c1)c1cccc([N+](=O)[O-])c1. The van der Waals surface area contributed by atoms with Crippen LogP contribution in [0.3, 0.4) is 0 Å². The molecule has 0 fully saturated rings. The number of carbonyl (C=O) groups excluding carboxylic acids is 2. The van der Waals surface area contributed by atoms with Gasteiger partial charge in [-0.3, -0.25) is 19.7 Å². The van der Waals surface area contributed by atoms with Gasteiger partial charge in [0.25, 0.3) is 17.5 Å². The van der Waals surface area contributed by atoms with Crippen LogP contribution in [0.1, 0.15) is 20.7 Å². The number of nitrogens with one attached hydrogen (secondary N) is 2. The minimum atomic E-state index is -0.575. The second-order valence-corrected chi connectivity index (χ2v) is 6.76. The summed E-state index contributed by atoms with van der Waals surface area (Å²) in [6.45, 7) is 0. The van der Waals surface area contributed by atoms with Gasteiger partial charge in [0.15, 0.2) is 0 Å². The molecule has 0 saturated heterocycles. The largest absolute Gasteiger partial charge is 0.322 e. The lowest BCUT2D eigenvalue weighted by Crippen LogP contribution is -2.14. The van der Waals surface area contributed by atoms with Crippen LogP contribution in [0.25, 0.3) is 0 Å². The first-order valence-corrected chi connectivity index (χ1v) is 9.01. The highest BCUT2D eigenvalue weighted by molar-refractivity contribution is 6.37. The Morgan fingerprint density at radius 1 is 0.828 bits per heavy atom.